The van der Waals surface area contributed by atoms with Crippen molar-refractivity contribution in [1.29, 1.82) is 0 Å². The highest BCUT2D eigenvalue weighted by Gasteiger charge is 2.00. The van der Waals surface area contributed by atoms with Gasteiger partial charge >= 0.3 is 6.03 Å². The van der Waals surface area contributed by atoms with Crippen molar-refractivity contribution in [2.75, 3.05) is 18.1 Å². The Morgan fingerprint density at radius 1 is 1.00 bits per heavy atom. The van der Waals surface area contributed by atoms with Crippen LogP contribution >= 0.6 is 0 Å². The number of nitrogens with one attached hydrogen (secondary N) is 2. The summed E-state index contributed by atoms with van der Waals surface area (Å²) in [5.41, 5.74) is 6.99. The molecule has 0 aliphatic carbocycles. The number of rotatable bonds is 3. The molecule has 0 heterocycles. The van der Waals surface area contributed by atoms with E-state index in [1.807, 2.05) is 0 Å². The van der Waals surface area contributed by atoms with Gasteiger partial charge in [0.2, 0.25) is 0 Å². The van der Waals surface area contributed by atoms with Crippen molar-refractivity contribution in [3.63, 3.8) is 0 Å². The van der Waals surface area contributed by atoms with Crippen molar-refractivity contribution in [2.45, 2.75) is 0 Å². The van der Waals surface area contributed by atoms with Crippen LogP contribution in [0.3, 0.4) is 0 Å². The summed E-state index contributed by atoms with van der Waals surface area (Å²) in [6.07, 6.45) is 0. The first-order chi connectivity index (χ1) is 9.17. The van der Waals surface area contributed by atoms with Crippen LogP contribution in [-0.2, 0) is 0 Å². The molecule has 0 saturated carbocycles. The maximum absolute atomic E-state index is 11.1. The van der Waals surface area contributed by atoms with Crippen LogP contribution in [0.2, 0.25) is 0 Å². The Morgan fingerprint density at radius 3 is 2.05 bits per heavy atom. The summed E-state index contributed by atoms with van der Waals surface area (Å²) in [6, 6.07) is 14.0. The second-order valence-electron chi connectivity index (χ2n) is 3.90. The van der Waals surface area contributed by atoms with Gasteiger partial charge in [-0.15, -0.1) is 0 Å². The van der Waals surface area contributed by atoms with E-state index in [9.17, 15) is 4.79 Å². The average molecular weight is 257 g/mol. The molecule has 0 aromatic heterocycles. The number of urea groups is 1. The molecule has 0 aliphatic rings. The Bertz CT molecular complexity index is 550. The lowest BCUT2D eigenvalue weighted by molar-refractivity contribution is 0.254. The first-order valence-electron chi connectivity index (χ1n) is 5.79. The molecule has 98 valence electrons. The second kappa shape index (κ2) is 5.77. The summed E-state index contributed by atoms with van der Waals surface area (Å²) >= 11 is 0. The van der Waals surface area contributed by atoms with Gasteiger partial charge in [0.05, 0.1) is 0 Å². The standard InChI is InChI=1S/C14H15N3O2/c1-16-14(18)17-11-4-8-13(9-5-11)19-12-6-2-10(15)3-7-12/h2-9H,15H2,1H3,(H2,16,17,18). The van der Waals surface area contributed by atoms with Gasteiger partial charge in [-0.05, 0) is 48.5 Å². The highest BCUT2D eigenvalue weighted by Crippen LogP contribution is 2.23. The number of ether oxygens (including phenoxy) is 1. The number of nitrogen functional groups attached to an aromatic ring is 1. The van der Waals surface area contributed by atoms with Crippen LogP contribution in [0.4, 0.5) is 16.2 Å². The molecular formula is C14H15N3O2. The van der Waals surface area contributed by atoms with Crippen LogP contribution in [0.1, 0.15) is 0 Å². The second-order valence-corrected chi connectivity index (χ2v) is 3.90. The molecule has 2 aromatic carbocycles. The summed E-state index contributed by atoms with van der Waals surface area (Å²) < 4.78 is 5.64. The van der Waals surface area contributed by atoms with E-state index in [1.54, 1.807) is 55.6 Å². The van der Waals surface area contributed by atoms with Crippen LogP contribution in [0.15, 0.2) is 48.5 Å². The number of nitrogens with two attached hydrogens (primary N) is 1. The number of carbonyl (C=O) groups excluding carboxylic acids is 1. The Balaban J connectivity index is 2.02. The summed E-state index contributed by atoms with van der Waals surface area (Å²) in [5, 5.41) is 5.15. The van der Waals surface area contributed by atoms with Crippen molar-refractivity contribution in [3.8, 4) is 11.5 Å². The molecule has 0 radical (unpaired) electrons. The van der Waals surface area contributed by atoms with Gasteiger partial charge in [-0.25, -0.2) is 4.79 Å². The lowest BCUT2D eigenvalue weighted by atomic mass is 10.3. The third-order valence-electron chi connectivity index (χ3n) is 2.46. The molecule has 0 fully saturated rings. The molecule has 0 spiro atoms. The third-order valence-corrected chi connectivity index (χ3v) is 2.46. The highest BCUT2D eigenvalue weighted by molar-refractivity contribution is 5.88. The fourth-order valence-corrected chi connectivity index (χ4v) is 1.47. The summed E-state index contributed by atoms with van der Waals surface area (Å²) in [6.45, 7) is 0. The normalized spacial score (nSPS) is 9.74. The van der Waals surface area contributed by atoms with Crippen molar-refractivity contribution in [3.05, 3.63) is 48.5 Å². The molecular weight excluding hydrogens is 242 g/mol. The Kier molecular flexibility index (Phi) is 3.87. The van der Waals surface area contributed by atoms with E-state index in [2.05, 4.69) is 10.6 Å². The van der Waals surface area contributed by atoms with Gasteiger partial charge in [0.15, 0.2) is 0 Å². The molecule has 0 aliphatic heterocycles. The SMILES string of the molecule is CNC(=O)Nc1ccc(Oc2ccc(N)cc2)cc1. The van der Waals surface area contributed by atoms with Crippen LogP contribution in [0.5, 0.6) is 11.5 Å². The van der Waals surface area contributed by atoms with Crippen molar-refractivity contribution in [1.82, 2.24) is 5.32 Å². The zero-order valence-electron chi connectivity index (χ0n) is 10.5. The van der Waals surface area contributed by atoms with Gasteiger partial charge in [-0.1, -0.05) is 0 Å². The van der Waals surface area contributed by atoms with Gasteiger partial charge in [0.1, 0.15) is 11.5 Å². The smallest absolute Gasteiger partial charge is 0.318 e. The summed E-state index contributed by atoms with van der Waals surface area (Å²) in [4.78, 5) is 11.1. The lowest BCUT2D eigenvalue weighted by Crippen LogP contribution is -2.24. The Morgan fingerprint density at radius 2 is 1.53 bits per heavy atom. The Labute approximate surface area is 111 Å². The van der Waals surface area contributed by atoms with Crippen molar-refractivity contribution >= 4 is 17.4 Å². The lowest BCUT2D eigenvalue weighted by Gasteiger charge is -2.08. The van der Waals surface area contributed by atoms with E-state index in [4.69, 9.17) is 10.5 Å². The number of benzene rings is 2. The molecule has 5 nitrogen and oxygen atoms in total. The number of hydrogen-bond donors (Lipinski definition) is 3. The quantitative estimate of drug-likeness (QED) is 0.740. The van der Waals surface area contributed by atoms with Gasteiger partial charge in [-0.2, -0.15) is 0 Å². The number of hydrogen-bond acceptors (Lipinski definition) is 3. The number of amides is 2. The van der Waals surface area contributed by atoms with E-state index in [0.29, 0.717) is 22.9 Å². The highest BCUT2D eigenvalue weighted by atomic mass is 16.5. The molecule has 5 heteroatoms. The Hall–Kier alpha value is -2.69. The number of anilines is 2. The first-order valence-corrected chi connectivity index (χ1v) is 5.79. The van der Waals surface area contributed by atoms with E-state index >= 15 is 0 Å². The summed E-state index contributed by atoms with van der Waals surface area (Å²) in [7, 11) is 1.56. The van der Waals surface area contributed by atoms with Gasteiger partial charge in [0.25, 0.3) is 0 Å². The van der Waals surface area contributed by atoms with Gasteiger partial charge in [-0.3, -0.25) is 0 Å². The minimum atomic E-state index is -0.257. The minimum absolute atomic E-state index is 0.257. The predicted molar refractivity (Wildman–Crippen MR) is 75.4 cm³/mol. The maximum Gasteiger partial charge on any atom is 0.318 e. The topological polar surface area (TPSA) is 76.4 Å². The van der Waals surface area contributed by atoms with E-state index in [-0.39, 0.29) is 6.03 Å². The van der Waals surface area contributed by atoms with Gasteiger partial charge in [0, 0.05) is 18.4 Å². The predicted octanol–water partition coefficient (Wildman–Crippen LogP) is 2.81. The molecule has 0 bridgehead atoms. The van der Waals surface area contributed by atoms with Crippen molar-refractivity contribution in [2.24, 2.45) is 0 Å². The van der Waals surface area contributed by atoms with E-state index in [1.165, 1.54) is 0 Å². The zero-order valence-corrected chi connectivity index (χ0v) is 10.5. The zero-order chi connectivity index (χ0) is 13.7. The van der Waals surface area contributed by atoms with E-state index in [0.717, 1.165) is 0 Å². The molecule has 4 N–H and O–H groups in total. The molecule has 0 unspecified atom stereocenters. The largest absolute Gasteiger partial charge is 0.457 e. The maximum atomic E-state index is 11.1. The minimum Gasteiger partial charge on any atom is -0.457 e. The molecule has 2 aromatic rings. The number of carbonyl (C=O) groups is 1. The molecule has 0 saturated heterocycles. The molecule has 2 amide bonds. The fourth-order valence-electron chi connectivity index (χ4n) is 1.47. The monoisotopic (exact) mass is 257 g/mol. The van der Waals surface area contributed by atoms with Crippen LogP contribution in [0, 0.1) is 0 Å². The first kappa shape index (κ1) is 12.8. The van der Waals surface area contributed by atoms with Crippen molar-refractivity contribution < 1.29 is 9.53 Å². The molecule has 2 rings (SSSR count). The van der Waals surface area contributed by atoms with Crippen LogP contribution < -0.4 is 21.1 Å². The summed E-state index contributed by atoms with van der Waals surface area (Å²) in [5.74, 6) is 1.40. The van der Waals surface area contributed by atoms with Crippen LogP contribution in [0.25, 0.3) is 0 Å². The van der Waals surface area contributed by atoms with E-state index < -0.39 is 0 Å². The molecule has 0 atom stereocenters. The van der Waals surface area contributed by atoms with Crippen LogP contribution in [-0.4, -0.2) is 13.1 Å². The van der Waals surface area contributed by atoms with Gasteiger partial charge < -0.3 is 21.1 Å². The third kappa shape index (κ3) is 3.64. The molecule has 19 heavy (non-hydrogen) atoms. The fraction of sp³-hybridized carbons (Fsp3) is 0.0714. The average Bonchev–Trinajstić information content (AvgIpc) is 2.43.